The van der Waals surface area contributed by atoms with E-state index in [1.807, 2.05) is 6.92 Å². The Bertz CT molecular complexity index is 603. The fourth-order valence-electron chi connectivity index (χ4n) is 2.78. The standard InChI is InChI=1S/C21H35N3O4/c1-6-24(7-2)13-9-10-17(3)22-21(28-15-14-26-4)23-20(25)18-11-8-12-19(16-18)27-5/h8,11-12,16-17H,6-7,9-10,13-15H2,1-5H3,(H,22,23,25)/p+1/t17-/m1/s1. The number of nitrogens with one attached hydrogen (secondary N) is 2. The van der Waals surface area contributed by atoms with Crippen LogP contribution in [0.3, 0.4) is 0 Å². The van der Waals surface area contributed by atoms with Crippen LogP contribution in [0, 0.1) is 0 Å². The minimum absolute atomic E-state index is 0.0538. The lowest BCUT2D eigenvalue weighted by molar-refractivity contribution is -0.896. The van der Waals surface area contributed by atoms with E-state index in [4.69, 9.17) is 14.2 Å². The highest BCUT2D eigenvalue weighted by Gasteiger charge is 2.13. The third kappa shape index (κ3) is 9.19. The summed E-state index contributed by atoms with van der Waals surface area (Å²) in [7, 11) is 3.17. The molecule has 0 heterocycles. The number of ether oxygens (including phenoxy) is 3. The zero-order chi connectivity index (χ0) is 20.8. The Hall–Kier alpha value is -2.12. The Kier molecular flexibility index (Phi) is 11.9. The molecule has 1 aromatic carbocycles. The van der Waals surface area contributed by atoms with E-state index in [-0.39, 0.29) is 18.0 Å². The number of quaternary nitrogens is 1. The first kappa shape index (κ1) is 23.9. The van der Waals surface area contributed by atoms with E-state index >= 15 is 0 Å². The molecule has 1 aromatic rings. The summed E-state index contributed by atoms with van der Waals surface area (Å²) in [5, 5.41) is 2.77. The van der Waals surface area contributed by atoms with Crippen molar-refractivity contribution in [2.24, 2.45) is 4.99 Å². The Labute approximate surface area is 169 Å². The van der Waals surface area contributed by atoms with E-state index in [1.165, 1.54) is 0 Å². The van der Waals surface area contributed by atoms with Crippen molar-refractivity contribution < 1.29 is 23.9 Å². The van der Waals surface area contributed by atoms with Gasteiger partial charge in [-0.25, -0.2) is 4.99 Å². The van der Waals surface area contributed by atoms with Crippen molar-refractivity contribution in [3.05, 3.63) is 29.8 Å². The summed E-state index contributed by atoms with van der Waals surface area (Å²) in [5.41, 5.74) is 0.486. The maximum absolute atomic E-state index is 12.6. The highest BCUT2D eigenvalue weighted by atomic mass is 16.5. The van der Waals surface area contributed by atoms with E-state index in [0.717, 1.165) is 32.5 Å². The molecular weight excluding hydrogens is 358 g/mol. The third-order valence-corrected chi connectivity index (χ3v) is 4.57. The molecule has 0 fully saturated rings. The number of aliphatic imine (C=N–C) groups is 1. The highest BCUT2D eigenvalue weighted by molar-refractivity contribution is 6.04. The summed E-state index contributed by atoms with van der Waals surface area (Å²) < 4.78 is 15.8. The molecule has 158 valence electrons. The smallest absolute Gasteiger partial charge is 0.292 e. The molecule has 0 aliphatic carbocycles. The quantitative estimate of drug-likeness (QED) is 0.320. The molecule has 0 aliphatic heterocycles. The summed E-state index contributed by atoms with van der Waals surface area (Å²) in [6.45, 7) is 10.6. The van der Waals surface area contributed by atoms with E-state index in [1.54, 1.807) is 43.4 Å². The largest absolute Gasteiger partial charge is 0.497 e. The minimum Gasteiger partial charge on any atom is -0.497 e. The SMILES string of the molecule is CC[NH+](CC)CCC[C@@H](C)N=C(NC(=O)c1cccc(OC)c1)OCCOC. The van der Waals surface area contributed by atoms with Crippen molar-refractivity contribution in [3.8, 4) is 5.75 Å². The molecule has 0 radical (unpaired) electrons. The summed E-state index contributed by atoms with van der Waals surface area (Å²) in [5.74, 6) is 0.341. The average Bonchev–Trinajstić information content (AvgIpc) is 2.71. The molecule has 1 atom stereocenters. The van der Waals surface area contributed by atoms with Crippen LogP contribution >= 0.6 is 0 Å². The van der Waals surface area contributed by atoms with Gasteiger partial charge >= 0.3 is 0 Å². The lowest BCUT2D eigenvalue weighted by atomic mass is 10.2. The molecule has 0 aromatic heterocycles. The van der Waals surface area contributed by atoms with Crippen molar-refractivity contribution in [1.82, 2.24) is 5.32 Å². The number of methoxy groups -OCH3 is 2. The molecule has 0 unspecified atom stereocenters. The number of nitrogens with zero attached hydrogens (tertiary/aromatic N) is 1. The van der Waals surface area contributed by atoms with Crippen LogP contribution in [0.25, 0.3) is 0 Å². The minimum atomic E-state index is -0.283. The lowest BCUT2D eigenvalue weighted by Gasteiger charge is -2.16. The average molecular weight is 395 g/mol. The number of rotatable bonds is 12. The van der Waals surface area contributed by atoms with Crippen molar-refractivity contribution >= 4 is 11.9 Å². The van der Waals surface area contributed by atoms with Gasteiger partial charge in [-0.2, -0.15) is 0 Å². The molecule has 7 heteroatoms. The van der Waals surface area contributed by atoms with Gasteiger partial charge in [0.2, 0.25) is 0 Å². The molecule has 0 saturated carbocycles. The summed E-state index contributed by atoms with van der Waals surface area (Å²) in [6, 6.07) is 7.25. The van der Waals surface area contributed by atoms with Crippen LogP contribution in [0.2, 0.25) is 0 Å². The van der Waals surface area contributed by atoms with Crippen LogP contribution in [0.1, 0.15) is 44.0 Å². The van der Waals surface area contributed by atoms with Crippen LogP contribution in [0.15, 0.2) is 29.3 Å². The van der Waals surface area contributed by atoms with Gasteiger partial charge in [0, 0.05) is 12.7 Å². The maximum Gasteiger partial charge on any atom is 0.292 e. The molecule has 0 spiro atoms. The van der Waals surface area contributed by atoms with Crippen LogP contribution < -0.4 is 15.0 Å². The topological polar surface area (TPSA) is 73.6 Å². The first-order valence-electron chi connectivity index (χ1n) is 10.0. The van der Waals surface area contributed by atoms with Crippen molar-refractivity contribution in [3.63, 3.8) is 0 Å². The number of hydrogen-bond acceptors (Lipinski definition) is 5. The second-order valence-electron chi connectivity index (χ2n) is 6.66. The van der Waals surface area contributed by atoms with E-state index in [0.29, 0.717) is 24.5 Å². The number of amidine groups is 1. The zero-order valence-electron chi connectivity index (χ0n) is 17.9. The first-order chi connectivity index (χ1) is 13.5. The van der Waals surface area contributed by atoms with Crippen molar-refractivity contribution in [2.45, 2.75) is 39.7 Å². The fraction of sp³-hybridized carbons (Fsp3) is 0.619. The number of hydrogen-bond donors (Lipinski definition) is 2. The summed E-state index contributed by atoms with van der Waals surface area (Å²) in [4.78, 5) is 18.7. The van der Waals surface area contributed by atoms with Gasteiger partial charge < -0.3 is 19.1 Å². The van der Waals surface area contributed by atoms with Gasteiger partial charge in [0.25, 0.3) is 11.9 Å². The third-order valence-electron chi connectivity index (χ3n) is 4.57. The molecule has 1 rings (SSSR count). The Morgan fingerprint density at radius 1 is 1.21 bits per heavy atom. The molecule has 0 saturated heterocycles. The molecule has 0 bridgehead atoms. The Morgan fingerprint density at radius 3 is 2.61 bits per heavy atom. The van der Waals surface area contributed by atoms with Gasteiger partial charge in [-0.15, -0.1) is 0 Å². The lowest BCUT2D eigenvalue weighted by Crippen LogP contribution is -3.11. The predicted octanol–water partition coefficient (Wildman–Crippen LogP) is 1.54. The first-order valence-corrected chi connectivity index (χ1v) is 10.0. The van der Waals surface area contributed by atoms with Crippen LogP contribution in [0.5, 0.6) is 5.75 Å². The monoisotopic (exact) mass is 394 g/mol. The molecule has 1 amide bonds. The van der Waals surface area contributed by atoms with Crippen molar-refractivity contribution in [2.75, 3.05) is 47.1 Å². The molecule has 7 nitrogen and oxygen atoms in total. The zero-order valence-corrected chi connectivity index (χ0v) is 17.9. The van der Waals surface area contributed by atoms with Gasteiger partial charge in [0.15, 0.2) is 0 Å². The normalized spacial score (nSPS) is 12.7. The molecule has 0 aliphatic rings. The fourth-order valence-corrected chi connectivity index (χ4v) is 2.78. The number of carbonyl (C=O) groups is 1. The van der Waals surface area contributed by atoms with Crippen LogP contribution in [0.4, 0.5) is 0 Å². The maximum atomic E-state index is 12.6. The predicted molar refractivity (Wildman–Crippen MR) is 111 cm³/mol. The second kappa shape index (κ2) is 14.0. The van der Waals surface area contributed by atoms with Crippen LogP contribution in [-0.2, 0) is 9.47 Å². The van der Waals surface area contributed by atoms with Gasteiger partial charge in [-0.3, -0.25) is 10.1 Å². The molecular formula is C21H36N3O4+. The van der Waals surface area contributed by atoms with Gasteiger partial charge in [-0.05, 0) is 51.8 Å². The Balaban J connectivity index is 2.71. The molecule has 28 heavy (non-hydrogen) atoms. The highest BCUT2D eigenvalue weighted by Crippen LogP contribution is 2.12. The van der Waals surface area contributed by atoms with E-state index in [9.17, 15) is 4.79 Å². The molecule has 2 N–H and O–H groups in total. The van der Waals surface area contributed by atoms with Crippen LogP contribution in [-0.4, -0.2) is 65.0 Å². The van der Waals surface area contributed by atoms with Crippen molar-refractivity contribution in [1.29, 1.82) is 0 Å². The number of carbonyl (C=O) groups excluding carboxylic acids is 1. The van der Waals surface area contributed by atoms with Gasteiger partial charge in [0.1, 0.15) is 12.4 Å². The van der Waals surface area contributed by atoms with Gasteiger partial charge in [-0.1, -0.05) is 6.07 Å². The number of amides is 1. The summed E-state index contributed by atoms with van der Waals surface area (Å²) >= 11 is 0. The van der Waals surface area contributed by atoms with E-state index in [2.05, 4.69) is 24.2 Å². The van der Waals surface area contributed by atoms with E-state index < -0.39 is 0 Å². The number of benzene rings is 1. The Morgan fingerprint density at radius 2 is 1.96 bits per heavy atom. The van der Waals surface area contributed by atoms with Gasteiger partial charge in [0.05, 0.1) is 39.4 Å². The second-order valence-corrected chi connectivity index (χ2v) is 6.66. The summed E-state index contributed by atoms with van der Waals surface area (Å²) in [6.07, 6.45) is 2.02.